The molecule has 0 spiro atoms. The first-order valence-electron chi connectivity index (χ1n) is 9.30. The summed E-state index contributed by atoms with van der Waals surface area (Å²) in [6.07, 6.45) is 0.580. The van der Waals surface area contributed by atoms with Gasteiger partial charge in [-0.1, -0.05) is 88.4 Å². The predicted molar refractivity (Wildman–Crippen MR) is 107 cm³/mol. The van der Waals surface area contributed by atoms with Crippen LogP contribution in [-0.4, -0.2) is 27.0 Å². The molecule has 1 aliphatic heterocycles. The van der Waals surface area contributed by atoms with Crippen LogP contribution in [0.3, 0.4) is 0 Å². The number of hydrogen-bond acceptors (Lipinski definition) is 3. The lowest BCUT2D eigenvalue weighted by molar-refractivity contribution is -0.144. The maximum atomic E-state index is 11.8. The summed E-state index contributed by atoms with van der Waals surface area (Å²) in [5, 5.41) is 2.43. The van der Waals surface area contributed by atoms with E-state index in [0.717, 1.165) is 6.42 Å². The molecule has 2 atom stereocenters. The van der Waals surface area contributed by atoms with Crippen LogP contribution in [0.15, 0.2) is 60.7 Å². The molecule has 1 heterocycles. The summed E-state index contributed by atoms with van der Waals surface area (Å²) in [4.78, 5) is 11.8. The number of cyclic esters (lactones) is 1. The van der Waals surface area contributed by atoms with Gasteiger partial charge >= 0.3 is 5.97 Å². The third-order valence-corrected chi connectivity index (χ3v) is 10.2. The zero-order valence-corrected chi connectivity index (χ0v) is 17.1. The van der Waals surface area contributed by atoms with Gasteiger partial charge in [-0.25, -0.2) is 0 Å². The number of carbonyl (C=O) groups excluding carboxylic acids is 1. The van der Waals surface area contributed by atoms with Crippen LogP contribution in [0.5, 0.6) is 0 Å². The van der Waals surface area contributed by atoms with Crippen molar-refractivity contribution in [2.24, 2.45) is 5.92 Å². The molecule has 0 saturated carbocycles. The van der Waals surface area contributed by atoms with Crippen LogP contribution in [0.2, 0.25) is 5.04 Å². The normalized spacial score (nSPS) is 20.8. The van der Waals surface area contributed by atoms with Crippen LogP contribution in [0.25, 0.3) is 0 Å². The van der Waals surface area contributed by atoms with Crippen molar-refractivity contribution < 1.29 is 14.0 Å². The van der Waals surface area contributed by atoms with E-state index in [9.17, 15) is 4.79 Å². The molecule has 1 saturated heterocycles. The van der Waals surface area contributed by atoms with Gasteiger partial charge in [-0.05, 0) is 21.8 Å². The maximum absolute atomic E-state index is 11.8. The highest BCUT2D eigenvalue weighted by atomic mass is 28.4. The van der Waals surface area contributed by atoms with Crippen molar-refractivity contribution in [1.29, 1.82) is 0 Å². The van der Waals surface area contributed by atoms with Gasteiger partial charge in [-0.15, -0.1) is 0 Å². The first-order chi connectivity index (χ1) is 12.3. The van der Waals surface area contributed by atoms with Crippen LogP contribution < -0.4 is 10.4 Å². The molecule has 3 rings (SSSR count). The lowest BCUT2D eigenvalue weighted by atomic mass is 10.1. The number of rotatable bonds is 5. The molecule has 4 heteroatoms. The van der Waals surface area contributed by atoms with Gasteiger partial charge in [-0.2, -0.15) is 0 Å². The minimum absolute atomic E-state index is 0.0391. The minimum Gasteiger partial charge on any atom is -0.460 e. The van der Waals surface area contributed by atoms with Crippen molar-refractivity contribution >= 4 is 24.7 Å². The molecular formula is C22H28O3Si. The molecule has 3 nitrogen and oxygen atoms in total. The van der Waals surface area contributed by atoms with Gasteiger partial charge in [0.2, 0.25) is 0 Å². The van der Waals surface area contributed by atoms with Crippen LogP contribution in [0, 0.1) is 5.92 Å². The van der Waals surface area contributed by atoms with E-state index in [-0.39, 0.29) is 23.0 Å². The fourth-order valence-corrected chi connectivity index (χ4v) is 8.49. The van der Waals surface area contributed by atoms with E-state index >= 15 is 0 Å². The maximum Gasteiger partial charge on any atom is 0.309 e. The van der Waals surface area contributed by atoms with Crippen molar-refractivity contribution in [3.05, 3.63) is 60.7 Å². The molecule has 26 heavy (non-hydrogen) atoms. The zero-order valence-electron chi connectivity index (χ0n) is 16.1. The number of hydrogen-bond donors (Lipinski definition) is 0. The van der Waals surface area contributed by atoms with Gasteiger partial charge in [0, 0.05) is 0 Å². The summed E-state index contributed by atoms with van der Waals surface area (Å²) in [7, 11) is -2.55. The van der Waals surface area contributed by atoms with Gasteiger partial charge in [0.15, 0.2) is 0 Å². The minimum atomic E-state index is -2.55. The van der Waals surface area contributed by atoms with Gasteiger partial charge in [0.25, 0.3) is 8.32 Å². The lowest BCUT2D eigenvalue weighted by Crippen LogP contribution is -2.67. The predicted octanol–water partition coefficient (Wildman–Crippen LogP) is 3.51. The summed E-state index contributed by atoms with van der Waals surface area (Å²) in [5.41, 5.74) is 0. The Morgan fingerprint density at radius 2 is 1.50 bits per heavy atom. The van der Waals surface area contributed by atoms with Crippen LogP contribution >= 0.6 is 0 Å². The third kappa shape index (κ3) is 3.48. The van der Waals surface area contributed by atoms with Crippen molar-refractivity contribution in [2.45, 2.75) is 45.3 Å². The molecule has 0 N–H and O–H groups in total. The highest BCUT2D eigenvalue weighted by Crippen LogP contribution is 2.37. The topological polar surface area (TPSA) is 35.5 Å². The van der Waals surface area contributed by atoms with E-state index in [1.54, 1.807) is 0 Å². The van der Waals surface area contributed by atoms with E-state index < -0.39 is 8.32 Å². The Kier molecular flexibility index (Phi) is 5.35. The molecule has 138 valence electrons. The monoisotopic (exact) mass is 368 g/mol. The molecule has 2 aromatic carbocycles. The van der Waals surface area contributed by atoms with Crippen molar-refractivity contribution in [1.82, 2.24) is 0 Å². The van der Waals surface area contributed by atoms with Gasteiger partial charge < -0.3 is 9.16 Å². The first-order valence-corrected chi connectivity index (χ1v) is 11.2. The second kappa shape index (κ2) is 7.37. The van der Waals surface area contributed by atoms with E-state index in [1.165, 1.54) is 10.4 Å². The average molecular weight is 369 g/mol. The molecule has 0 aromatic heterocycles. The van der Waals surface area contributed by atoms with E-state index in [0.29, 0.717) is 6.61 Å². The molecule has 0 amide bonds. The van der Waals surface area contributed by atoms with Crippen molar-refractivity contribution in [3.63, 3.8) is 0 Å². The fraction of sp³-hybridized carbons (Fsp3) is 0.409. The summed E-state index contributed by atoms with van der Waals surface area (Å²) >= 11 is 0. The Hall–Kier alpha value is -1.91. The van der Waals surface area contributed by atoms with Gasteiger partial charge in [0.05, 0.1) is 12.5 Å². The second-order valence-corrected chi connectivity index (χ2v) is 12.5. The standard InChI is InChI=1S/C22H28O3Si/c1-17-15-18(25-21(17)23)16-24-26(22(2,3)4,19-11-7-5-8-12-19)20-13-9-6-10-14-20/h5-14,17-18H,15-16H2,1-4H3/t17-,18?/m1/s1. The SMILES string of the molecule is C[C@@H]1CC(CO[Si](c2ccccc2)(c2ccccc2)C(C)(C)C)OC1=O. The fourth-order valence-electron chi connectivity index (χ4n) is 3.90. The van der Waals surface area contributed by atoms with E-state index in [4.69, 9.17) is 9.16 Å². The Balaban J connectivity index is 2.02. The molecule has 0 bridgehead atoms. The molecule has 1 unspecified atom stereocenters. The Labute approximate surface area is 157 Å². The van der Waals surface area contributed by atoms with Gasteiger partial charge in [0.1, 0.15) is 6.10 Å². The van der Waals surface area contributed by atoms with E-state index in [2.05, 4.69) is 69.3 Å². The number of benzene rings is 2. The molecule has 1 aliphatic rings. The summed E-state index contributed by atoms with van der Waals surface area (Å²) in [5.74, 6) is -0.149. The van der Waals surface area contributed by atoms with Crippen LogP contribution in [-0.2, 0) is 14.0 Å². The number of carbonyl (C=O) groups is 1. The largest absolute Gasteiger partial charge is 0.460 e. The van der Waals surface area contributed by atoms with Crippen LogP contribution in [0.1, 0.15) is 34.1 Å². The number of ether oxygens (including phenoxy) is 1. The molecule has 1 fully saturated rings. The summed E-state index contributed by atoms with van der Waals surface area (Å²) < 4.78 is 12.3. The first kappa shape index (κ1) is 18.9. The van der Waals surface area contributed by atoms with Crippen LogP contribution in [0.4, 0.5) is 0 Å². The molecule has 2 aromatic rings. The van der Waals surface area contributed by atoms with Gasteiger partial charge in [-0.3, -0.25) is 4.79 Å². The zero-order chi connectivity index (χ0) is 18.8. The Bertz CT molecular complexity index is 697. The molecule has 0 aliphatic carbocycles. The Morgan fingerprint density at radius 1 is 1.00 bits per heavy atom. The lowest BCUT2D eigenvalue weighted by Gasteiger charge is -2.43. The Morgan fingerprint density at radius 3 is 1.88 bits per heavy atom. The summed E-state index contributed by atoms with van der Waals surface area (Å²) in [6, 6.07) is 21.1. The van der Waals surface area contributed by atoms with Crippen molar-refractivity contribution in [3.8, 4) is 0 Å². The highest BCUT2D eigenvalue weighted by molar-refractivity contribution is 6.99. The highest BCUT2D eigenvalue weighted by Gasteiger charge is 2.50. The number of esters is 1. The molecule has 0 radical (unpaired) electrons. The third-order valence-electron chi connectivity index (χ3n) is 5.20. The average Bonchev–Trinajstić information content (AvgIpc) is 2.94. The smallest absolute Gasteiger partial charge is 0.309 e. The second-order valence-electron chi connectivity index (χ2n) is 8.17. The molecular weight excluding hydrogens is 340 g/mol. The quantitative estimate of drug-likeness (QED) is 0.598. The van der Waals surface area contributed by atoms with E-state index in [1.807, 2.05) is 19.1 Å². The van der Waals surface area contributed by atoms with Crippen molar-refractivity contribution in [2.75, 3.05) is 6.61 Å². The summed E-state index contributed by atoms with van der Waals surface area (Å²) in [6.45, 7) is 9.13.